The van der Waals surface area contributed by atoms with Gasteiger partial charge in [0.05, 0.1) is 0 Å². The van der Waals surface area contributed by atoms with E-state index in [9.17, 15) is 0 Å². The Bertz CT molecular complexity index is 21.5. The van der Waals surface area contributed by atoms with Crippen molar-refractivity contribution in [3.8, 4) is 0 Å². The van der Waals surface area contributed by atoms with Gasteiger partial charge >= 0.3 is 0 Å². The molecule has 6 heavy (non-hydrogen) atoms. The molecule has 0 atom stereocenters. The first-order valence-electron chi connectivity index (χ1n) is 1.56. The largest absolute Gasteiger partial charge is 0.242 e. The van der Waals surface area contributed by atoms with Gasteiger partial charge in [0.2, 0.25) is 0 Å². The highest BCUT2D eigenvalue weighted by atomic mass is 35.5. The van der Waals surface area contributed by atoms with Crippen LogP contribution in [0.2, 0.25) is 0 Å². The fourth-order valence-corrected chi connectivity index (χ4v) is 0.283. The van der Waals surface area contributed by atoms with Gasteiger partial charge in [-0.2, -0.15) is 4.94 Å². The quantitative estimate of drug-likeness (QED) is 0.250. The Hall–Kier alpha value is 0.500. The van der Waals surface area contributed by atoms with Crippen molar-refractivity contribution < 1.29 is 0 Å². The van der Waals surface area contributed by atoms with Gasteiger partial charge in [0.25, 0.3) is 0 Å². The number of hydrogen-bond donors (Lipinski definition) is 2. The van der Waals surface area contributed by atoms with Crippen LogP contribution < -0.4 is 10.4 Å². The van der Waals surface area contributed by atoms with Gasteiger partial charge in [-0.3, -0.25) is 0 Å². The van der Waals surface area contributed by atoms with E-state index in [0.717, 1.165) is 0 Å². The molecular formula is C2H6Cl2N2. The summed E-state index contributed by atoms with van der Waals surface area (Å²) in [6.07, 6.45) is 0. The van der Waals surface area contributed by atoms with Gasteiger partial charge in [-0.1, -0.05) is 0 Å². The van der Waals surface area contributed by atoms with Crippen LogP contribution in [0, 0.1) is 0 Å². The number of hydrogen-bond acceptors (Lipinski definition) is 2. The van der Waals surface area contributed by atoms with Crippen LogP contribution in [0.3, 0.4) is 0 Å². The lowest BCUT2D eigenvalue weighted by Gasteiger charge is -1.90. The Morgan fingerprint density at radius 1 is 1.50 bits per heavy atom. The molecule has 0 aromatic rings. The molecule has 0 bridgehead atoms. The predicted molar refractivity (Wildman–Crippen MR) is 27.7 cm³/mol. The number of nitrogens with one attached hydrogen (secondary N) is 2. The second-order valence-corrected chi connectivity index (χ2v) is 1.28. The summed E-state index contributed by atoms with van der Waals surface area (Å²) in [7, 11) is 0. The highest BCUT2D eigenvalue weighted by molar-refractivity contribution is 6.18. The molecule has 0 unspecified atom stereocenters. The molecule has 0 heterocycles. The van der Waals surface area contributed by atoms with E-state index in [-0.39, 0.29) is 0 Å². The number of halogens is 2. The monoisotopic (exact) mass is 128 g/mol. The van der Waals surface area contributed by atoms with E-state index in [4.69, 9.17) is 23.4 Å². The summed E-state index contributed by atoms with van der Waals surface area (Å²) < 4.78 is 0. The molecule has 0 aromatic heterocycles. The van der Waals surface area contributed by atoms with Crippen molar-refractivity contribution in [2.75, 3.05) is 12.4 Å². The lowest BCUT2D eigenvalue weighted by Crippen LogP contribution is -2.24. The summed E-state index contributed by atoms with van der Waals surface area (Å²) in [5.74, 6) is 0.569. The van der Waals surface area contributed by atoms with Crippen molar-refractivity contribution in [2.24, 2.45) is 0 Å². The van der Waals surface area contributed by atoms with E-state index in [1.54, 1.807) is 0 Å². The minimum atomic E-state index is 0.569. The van der Waals surface area contributed by atoms with Crippen LogP contribution in [0.5, 0.6) is 0 Å². The first-order chi connectivity index (χ1) is 2.91. The molecule has 4 heteroatoms. The van der Waals surface area contributed by atoms with Gasteiger partial charge in [-0.25, -0.2) is 5.43 Å². The zero-order valence-corrected chi connectivity index (χ0v) is 4.68. The molecule has 0 aliphatic heterocycles. The molecule has 0 aliphatic carbocycles. The van der Waals surface area contributed by atoms with E-state index >= 15 is 0 Å². The van der Waals surface area contributed by atoms with Crippen molar-refractivity contribution >= 4 is 23.4 Å². The second kappa shape index (κ2) is 5.50. The maximum absolute atomic E-state index is 5.22. The molecule has 0 aromatic carbocycles. The molecule has 0 rings (SSSR count). The number of alkyl halides is 1. The fraction of sp³-hybridized carbons (Fsp3) is 1.00. The molecule has 0 aliphatic rings. The molecule has 0 saturated carbocycles. The average molecular weight is 129 g/mol. The lowest BCUT2D eigenvalue weighted by atomic mass is 10.8. The normalized spacial score (nSPS) is 9.00. The second-order valence-electron chi connectivity index (χ2n) is 0.710. The molecule has 38 valence electrons. The van der Waals surface area contributed by atoms with Crippen LogP contribution in [-0.4, -0.2) is 12.4 Å². The van der Waals surface area contributed by atoms with Crippen molar-refractivity contribution in [1.29, 1.82) is 0 Å². The minimum Gasteiger partial charge on any atom is -0.242 e. The zero-order valence-electron chi connectivity index (χ0n) is 3.17. The van der Waals surface area contributed by atoms with Crippen molar-refractivity contribution in [1.82, 2.24) is 10.4 Å². The smallest absolute Gasteiger partial charge is 0.0363 e. The van der Waals surface area contributed by atoms with Gasteiger partial charge in [0.15, 0.2) is 0 Å². The topological polar surface area (TPSA) is 24.1 Å². The van der Waals surface area contributed by atoms with E-state index < -0.39 is 0 Å². The number of rotatable bonds is 3. The third-order valence-corrected chi connectivity index (χ3v) is 0.609. The predicted octanol–water partition coefficient (Wildman–Crippen LogP) is 0.473. The molecule has 0 radical (unpaired) electrons. The van der Waals surface area contributed by atoms with E-state index in [1.807, 2.05) is 0 Å². The first kappa shape index (κ1) is 6.50. The number of hydrazine groups is 1. The first-order valence-corrected chi connectivity index (χ1v) is 2.47. The Labute approximate surface area is 46.9 Å². The molecule has 0 fully saturated rings. The Balaban J connectivity index is 2.34. The summed E-state index contributed by atoms with van der Waals surface area (Å²) in [5.41, 5.74) is 2.58. The van der Waals surface area contributed by atoms with Crippen LogP contribution in [0.25, 0.3) is 0 Å². The highest BCUT2D eigenvalue weighted by Gasteiger charge is 1.73. The van der Waals surface area contributed by atoms with Crippen molar-refractivity contribution in [3.63, 3.8) is 0 Å². The minimum absolute atomic E-state index is 0.569. The fourth-order valence-electron chi connectivity index (χ4n) is 0.0945. The van der Waals surface area contributed by atoms with Gasteiger partial charge < -0.3 is 0 Å². The summed E-state index contributed by atoms with van der Waals surface area (Å²) in [5, 5.41) is 0. The zero-order chi connectivity index (χ0) is 4.83. The standard InChI is InChI=1S/C2H6Cl2N2/c3-1-2-5-6-4/h5-6H,1-2H2. The molecule has 0 spiro atoms. The summed E-state index contributed by atoms with van der Waals surface area (Å²) in [6.45, 7) is 0.686. The summed E-state index contributed by atoms with van der Waals surface area (Å²) in [4.78, 5) is 2.21. The Morgan fingerprint density at radius 2 is 2.17 bits per heavy atom. The van der Waals surface area contributed by atoms with E-state index in [0.29, 0.717) is 12.4 Å². The van der Waals surface area contributed by atoms with E-state index in [2.05, 4.69) is 10.4 Å². The van der Waals surface area contributed by atoms with Gasteiger partial charge in [0.1, 0.15) is 0 Å². The summed E-state index contributed by atoms with van der Waals surface area (Å²) >= 11 is 10.2. The van der Waals surface area contributed by atoms with Crippen LogP contribution in [-0.2, 0) is 0 Å². The van der Waals surface area contributed by atoms with E-state index in [1.165, 1.54) is 0 Å². The van der Waals surface area contributed by atoms with Crippen LogP contribution in [0.15, 0.2) is 0 Å². The maximum atomic E-state index is 5.22. The highest BCUT2D eigenvalue weighted by Crippen LogP contribution is 1.65. The van der Waals surface area contributed by atoms with Crippen LogP contribution >= 0.6 is 23.4 Å². The third-order valence-electron chi connectivity index (χ3n) is 0.286. The Morgan fingerprint density at radius 3 is 2.33 bits per heavy atom. The van der Waals surface area contributed by atoms with Crippen molar-refractivity contribution in [2.45, 2.75) is 0 Å². The lowest BCUT2D eigenvalue weighted by molar-refractivity contribution is 0.715. The third kappa shape index (κ3) is 4.50. The molecular weight excluding hydrogens is 123 g/mol. The molecule has 0 saturated heterocycles. The van der Waals surface area contributed by atoms with Gasteiger partial charge in [0, 0.05) is 12.4 Å². The van der Waals surface area contributed by atoms with Crippen LogP contribution in [0.1, 0.15) is 0 Å². The van der Waals surface area contributed by atoms with Gasteiger partial charge in [-0.15, -0.1) is 11.6 Å². The maximum Gasteiger partial charge on any atom is 0.0363 e. The van der Waals surface area contributed by atoms with Crippen molar-refractivity contribution in [3.05, 3.63) is 0 Å². The molecule has 2 N–H and O–H groups in total. The Kier molecular flexibility index (Phi) is 5.96. The SMILES string of the molecule is ClCCNNCl. The average Bonchev–Trinajstić information content (AvgIpc) is 1.61. The molecule has 2 nitrogen and oxygen atoms in total. The van der Waals surface area contributed by atoms with Crippen LogP contribution in [0.4, 0.5) is 0 Å². The van der Waals surface area contributed by atoms with Gasteiger partial charge in [-0.05, 0) is 11.8 Å². The molecule has 0 amide bonds. The summed E-state index contributed by atoms with van der Waals surface area (Å²) in [6, 6.07) is 0.